The van der Waals surface area contributed by atoms with E-state index >= 15 is 0 Å². The third-order valence-electron chi connectivity index (χ3n) is 2.67. The van der Waals surface area contributed by atoms with Crippen LogP contribution in [0.1, 0.15) is 19.3 Å². The molecule has 0 aromatic rings. The highest BCUT2D eigenvalue weighted by atomic mass is 19.3. The molecule has 2 aliphatic carbocycles. The number of nitriles is 1. The van der Waals surface area contributed by atoms with Crippen LogP contribution in [0, 0.1) is 22.7 Å². The van der Waals surface area contributed by atoms with Gasteiger partial charge in [-0.2, -0.15) is 5.26 Å². The zero-order chi connectivity index (χ0) is 7.41. The highest BCUT2D eigenvalue weighted by Crippen LogP contribution is 2.72. The van der Waals surface area contributed by atoms with Crippen LogP contribution in [0.5, 0.6) is 0 Å². The smallest absolute Gasteiger partial charge is 0.206 e. The van der Waals surface area contributed by atoms with Gasteiger partial charge in [0.2, 0.25) is 0 Å². The molecule has 0 aliphatic heterocycles. The molecule has 2 saturated carbocycles. The van der Waals surface area contributed by atoms with Gasteiger partial charge in [-0.15, -0.1) is 0 Å². The van der Waals surface area contributed by atoms with Gasteiger partial charge in [-0.1, -0.05) is 0 Å². The first-order valence-electron chi connectivity index (χ1n) is 3.37. The summed E-state index contributed by atoms with van der Waals surface area (Å²) in [7, 11) is 0. The zero-order valence-corrected chi connectivity index (χ0v) is 5.40. The van der Waals surface area contributed by atoms with Gasteiger partial charge in [0.1, 0.15) is 0 Å². The molecule has 0 radical (unpaired) electrons. The molecule has 3 heteroatoms. The van der Waals surface area contributed by atoms with Crippen LogP contribution in [0.2, 0.25) is 0 Å². The van der Waals surface area contributed by atoms with Crippen molar-refractivity contribution in [1.29, 1.82) is 5.26 Å². The standard InChI is InChI=1S/C7H7F2N/c8-7(9)4-6(7)1-5(2-6)3-10/h5H,1-2,4H2. The Bertz CT molecular complexity index is 210. The van der Waals surface area contributed by atoms with E-state index in [0.29, 0.717) is 12.8 Å². The van der Waals surface area contributed by atoms with E-state index < -0.39 is 11.3 Å². The Labute approximate surface area is 57.6 Å². The van der Waals surface area contributed by atoms with E-state index in [-0.39, 0.29) is 12.3 Å². The molecule has 1 nitrogen and oxygen atoms in total. The highest BCUT2D eigenvalue weighted by Gasteiger charge is 2.75. The second-order valence-electron chi connectivity index (χ2n) is 3.40. The fourth-order valence-electron chi connectivity index (χ4n) is 1.80. The van der Waals surface area contributed by atoms with Crippen LogP contribution in [-0.4, -0.2) is 5.92 Å². The summed E-state index contributed by atoms with van der Waals surface area (Å²) >= 11 is 0. The second kappa shape index (κ2) is 1.34. The molecule has 2 aliphatic rings. The molecule has 0 aromatic carbocycles. The Balaban J connectivity index is 2.00. The predicted molar refractivity (Wildman–Crippen MR) is 30.3 cm³/mol. The van der Waals surface area contributed by atoms with Gasteiger partial charge in [0.25, 0.3) is 5.92 Å². The zero-order valence-electron chi connectivity index (χ0n) is 5.40. The Hall–Kier alpha value is -0.650. The van der Waals surface area contributed by atoms with E-state index in [1.165, 1.54) is 0 Å². The number of rotatable bonds is 0. The summed E-state index contributed by atoms with van der Waals surface area (Å²) in [6.45, 7) is 0. The van der Waals surface area contributed by atoms with Crippen molar-refractivity contribution in [2.75, 3.05) is 0 Å². The molecular weight excluding hydrogens is 136 g/mol. The average molecular weight is 143 g/mol. The molecule has 0 N–H and O–H groups in total. The first-order valence-corrected chi connectivity index (χ1v) is 3.37. The maximum Gasteiger partial charge on any atom is 0.254 e. The number of halogens is 2. The van der Waals surface area contributed by atoms with Gasteiger partial charge >= 0.3 is 0 Å². The molecule has 1 spiro atoms. The van der Waals surface area contributed by atoms with E-state index in [9.17, 15) is 8.78 Å². The van der Waals surface area contributed by atoms with Gasteiger partial charge in [0, 0.05) is 17.8 Å². The van der Waals surface area contributed by atoms with Crippen LogP contribution in [0.4, 0.5) is 8.78 Å². The van der Waals surface area contributed by atoms with Crippen LogP contribution >= 0.6 is 0 Å². The quantitative estimate of drug-likeness (QED) is 0.508. The van der Waals surface area contributed by atoms with Crippen LogP contribution in [0.25, 0.3) is 0 Å². The molecule has 2 fully saturated rings. The number of hydrogen-bond acceptors (Lipinski definition) is 1. The van der Waals surface area contributed by atoms with Gasteiger partial charge in [-0.05, 0) is 12.8 Å². The number of hydrogen-bond donors (Lipinski definition) is 0. The van der Waals surface area contributed by atoms with Crippen LogP contribution in [0.15, 0.2) is 0 Å². The number of alkyl halides is 2. The fourth-order valence-corrected chi connectivity index (χ4v) is 1.80. The van der Waals surface area contributed by atoms with Crippen molar-refractivity contribution >= 4 is 0 Å². The Kier molecular flexibility index (Phi) is 0.815. The Morgan fingerprint density at radius 1 is 1.40 bits per heavy atom. The van der Waals surface area contributed by atoms with Crippen molar-refractivity contribution in [3.8, 4) is 6.07 Å². The fraction of sp³-hybridized carbons (Fsp3) is 0.857. The van der Waals surface area contributed by atoms with Crippen molar-refractivity contribution in [2.24, 2.45) is 11.3 Å². The summed E-state index contributed by atoms with van der Waals surface area (Å²) in [4.78, 5) is 0. The second-order valence-corrected chi connectivity index (χ2v) is 3.40. The molecule has 0 amide bonds. The summed E-state index contributed by atoms with van der Waals surface area (Å²) in [5, 5.41) is 8.32. The minimum atomic E-state index is -2.43. The Morgan fingerprint density at radius 2 is 1.90 bits per heavy atom. The van der Waals surface area contributed by atoms with Crippen molar-refractivity contribution in [1.82, 2.24) is 0 Å². The summed E-state index contributed by atoms with van der Waals surface area (Å²) in [5.74, 6) is -2.52. The molecular formula is C7H7F2N. The van der Waals surface area contributed by atoms with Crippen molar-refractivity contribution in [3.05, 3.63) is 0 Å². The number of nitrogens with zero attached hydrogens (tertiary/aromatic N) is 1. The van der Waals surface area contributed by atoms with Crippen LogP contribution in [0.3, 0.4) is 0 Å². The maximum atomic E-state index is 12.4. The summed E-state index contributed by atoms with van der Waals surface area (Å²) < 4.78 is 24.9. The molecule has 0 saturated heterocycles. The molecule has 0 bridgehead atoms. The lowest BCUT2D eigenvalue weighted by Crippen LogP contribution is -2.28. The third kappa shape index (κ3) is 0.500. The molecule has 2 rings (SSSR count). The molecule has 0 aromatic heterocycles. The minimum absolute atomic E-state index is 0.0260. The predicted octanol–water partition coefficient (Wildman–Crippen LogP) is 1.95. The van der Waals surface area contributed by atoms with Crippen LogP contribution < -0.4 is 0 Å². The average Bonchev–Trinajstić information content (AvgIpc) is 2.30. The third-order valence-corrected chi connectivity index (χ3v) is 2.67. The Morgan fingerprint density at radius 3 is 2.20 bits per heavy atom. The van der Waals surface area contributed by atoms with Gasteiger partial charge < -0.3 is 0 Å². The van der Waals surface area contributed by atoms with Gasteiger partial charge in [-0.25, -0.2) is 8.78 Å². The normalized spacial score (nSPS) is 47.9. The van der Waals surface area contributed by atoms with E-state index in [0.717, 1.165) is 0 Å². The lowest BCUT2D eigenvalue weighted by Gasteiger charge is -2.30. The maximum absolute atomic E-state index is 12.4. The van der Waals surface area contributed by atoms with Crippen molar-refractivity contribution in [3.63, 3.8) is 0 Å². The molecule has 0 atom stereocenters. The lowest BCUT2D eigenvalue weighted by atomic mass is 9.72. The molecule has 0 unspecified atom stereocenters. The first kappa shape index (κ1) is 6.09. The van der Waals surface area contributed by atoms with Gasteiger partial charge in [0.05, 0.1) is 6.07 Å². The molecule has 0 heterocycles. The summed E-state index contributed by atoms with van der Waals surface area (Å²) in [6, 6.07) is 2.00. The highest BCUT2D eigenvalue weighted by molar-refractivity contribution is 5.20. The first-order chi connectivity index (χ1) is 4.60. The van der Waals surface area contributed by atoms with E-state index in [1.54, 1.807) is 0 Å². The monoisotopic (exact) mass is 143 g/mol. The minimum Gasteiger partial charge on any atom is -0.206 e. The SMILES string of the molecule is N#CC1CC2(C1)CC2(F)F. The molecule has 54 valence electrons. The van der Waals surface area contributed by atoms with E-state index in [2.05, 4.69) is 0 Å². The topological polar surface area (TPSA) is 23.8 Å². The van der Waals surface area contributed by atoms with E-state index in [4.69, 9.17) is 5.26 Å². The summed E-state index contributed by atoms with van der Waals surface area (Å²) in [5.41, 5.74) is -0.715. The lowest BCUT2D eigenvalue weighted by molar-refractivity contribution is 0.0150. The molecule has 10 heavy (non-hydrogen) atoms. The van der Waals surface area contributed by atoms with Crippen LogP contribution in [-0.2, 0) is 0 Å². The van der Waals surface area contributed by atoms with Gasteiger partial charge in [0.15, 0.2) is 0 Å². The van der Waals surface area contributed by atoms with Crippen molar-refractivity contribution < 1.29 is 8.78 Å². The van der Waals surface area contributed by atoms with Crippen molar-refractivity contribution in [2.45, 2.75) is 25.2 Å². The summed E-state index contributed by atoms with van der Waals surface area (Å²) in [6.07, 6.45) is 0.880. The van der Waals surface area contributed by atoms with Gasteiger partial charge in [-0.3, -0.25) is 0 Å². The largest absolute Gasteiger partial charge is 0.254 e. The van der Waals surface area contributed by atoms with E-state index in [1.807, 2.05) is 6.07 Å².